The van der Waals surface area contributed by atoms with Crippen molar-refractivity contribution in [3.05, 3.63) is 18.2 Å². The van der Waals surface area contributed by atoms with E-state index in [4.69, 9.17) is 4.74 Å². The van der Waals surface area contributed by atoms with Gasteiger partial charge in [0.05, 0.1) is 25.0 Å². The van der Waals surface area contributed by atoms with Gasteiger partial charge in [-0.25, -0.2) is 4.98 Å². The van der Waals surface area contributed by atoms with E-state index < -0.39 is 0 Å². The van der Waals surface area contributed by atoms with Gasteiger partial charge in [0.1, 0.15) is 0 Å². The average Bonchev–Trinajstić information content (AvgIpc) is 2.57. The standard InChI is InChI=1S/C12H20N2O2/c1-12(2,3)10(11(15)16-5)6-9-7-14(4)8-13-9/h7-8,10H,6H2,1-5H3. The van der Waals surface area contributed by atoms with E-state index in [1.54, 1.807) is 6.33 Å². The van der Waals surface area contributed by atoms with E-state index in [9.17, 15) is 4.79 Å². The summed E-state index contributed by atoms with van der Waals surface area (Å²) >= 11 is 0. The van der Waals surface area contributed by atoms with Gasteiger partial charge in [-0.15, -0.1) is 0 Å². The van der Waals surface area contributed by atoms with Gasteiger partial charge in [0, 0.05) is 19.7 Å². The Morgan fingerprint density at radius 3 is 2.56 bits per heavy atom. The van der Waals surface area contributed by atoms with E-state index in [1.165, 1.54) is 7.11 Å². The molecule has 0 amide bonds. The molecule has 0 radical (unpaired) electrons. The van der Waals surface area contributed by atoms with E-state index >= 15 is 0 Å². The fourth-order valence-corrected chi connectivity index (χ4v) is 1.67. The van der Waals surface area contributed by atoms with E-state index in [2.05, 4.69) is 4.98 Å². The Bertz CT molecular complexity index is 363. The van der Waals surface area contributed by atoms with Gasteiger partial charge in [0.2, 0.25) is 0 Å². The minimum Gasteiger partial charge on any atom is -0.469 e. The molecule has 1 aromatic rings. The van der Waals surface area contributed by atoms with Crippen molar-refractivity contribution in [2.24, 2.45) is 18.4 Å². The number of esters is 1. The monoisotopic (exact) mass is 224 g/mol. The highest BCUT2D eigenvalue weighted by Gasteiger charge is 2.32. The van der Waals surface area contributed by atoms with Crippen molar-refractivity contribution in [2.75, 3.05) is 7.11 Å². The third-order valence-electron chi connectivity index (χ3n) is 2.70. The van der Waals surface area contributed by atoms with Crippen LogP contribution in [0.25, 0.3) is 0 Å². The van der Waals surface area contributed by atoms with Crippen LogP contribution in [0.1, 0.15) is 26.5 Å². The third-order valence-corrected chi connectivity index (χ3v) is 2.70. The molecule has 0 aromatic carbocycles. The molecule has 90 valence electrons. The normalized spacial score (nSPS) is 13.6. The van der Waals surface area contributed by atoms with Crippen LogP contribution in [-0.2, 0) is 23.0 Å². The number of nitrogens with zero attached hydrogens (tertiary/aromatic N) is 2. The second-order valence-corrected chi connectivity index (χ2v) is 5.18. The van der Waals surface area contributed by atoms with Crippen LogP contribution in [0.2, 0.25) is 0 Å². The number of carbonyl (C=O) groups is 1. The first-order valence-corrected chi connectivity index (χ1v) is 5.39. The molecule has 1 atom stereocenters. The van der Waals surface area contributed by atoms with Gasteiger partial charge in [-0.05, 0) is 5.41 Å². The smallest absolute Gasteiger partial charge is 0.309 e. The lowest BCUT2D eigenvalue weighted by Crippen LogP contribution is -2.31. The lowest BCUT2D eigenvalue weighted by Gasteiger charge is -2.27. The quantitative estimate of drug-likeness (QED) is 0.735. The van der Waals surface area contributed by atoms with Crippen LogP contribution in [0.4, 0.5) is 0 Å². The van der Waals surface area contributed by atoms with Gasteiger partial charge in [-0.3, -0.25) is 4.79 Å². The Morgan fingerprint density at radius 2 is 2.19 bits per heavy atom. The fourth-order valence-electron chi connectivity index (χ4n) is 1.67. The number of aromatic nitrogens is 2. The molecule has 4 nitrogen and oxygen atoms in total. The molecule has 0 saturated carbocycles. The molecule has 16 heavy (non-hydrogen) atoms. The zero-order chi connectivity index (χ0) is 12.3. The van der Waals surface area contributed by atoms with Crippen LogP contribution >= 0.6 is 0 Å². The predicted molar refractivity (Wildman–Crippen MR) is 61.9 cm³/mol. The summed E-state index contributed by atoms with van der Waals surface area (Å²) in [7, 11) is 3.35. The van der Waals surface area contributed by atoms with Crippen molar-refractivity contribution >= 4 is 5.97 Å². The molecular weight excluding hydrogens is 204 g/mol. The minimum absolute atomic E-state index is 0.120. The maximum atomic E-state index is 11.7. The molecule has 1 aromatic heterocycles. The fraction of sp³-hybridized carbons (Fsp3) is 0.667. The first-order valence-electron chi connectivity index (χ1n) is 5.39. The maximum absolute atomic E-state index is 11.7. The Balaban J connectivity index is 2.83. The highest BCUT2D eigenvalue weighted by atomic mass is 16.5. The zero-order valence-electron chi connectivity index (χ0n) is 10.7. The molecule has 0 aliphatic carbocycles. The Labute approximate surface area is 96.6 Å². The topological polar surface area (TPSA) is 44.1 Å². The van der Waals surface area contributed by atoms with Crippen LogP contribution < -0.4 is 0 Å². The minimum atomic E-state index is -0.168. The first kappa shape index (κ1) is 12.7. The molecule has 4 heteroatoms. The highest BCUT2D eigenvalue weighted by Crippen LogP contribution is 2.29. The van der Waals surface area contributed by atoms with E-state index in [1.807, 2.05) is 38.6 Å². The largest absolute Gasteiger partial charge is 0.469 e. The molecule has 0 aliphatic rings. The van der Waals surface area contributed by atoms with Crippen molar-refractivity contribution < 1.29 is 9.53 Å². The van der Waals surface area contributed by atoms with Crippen LogP contribution in [0.5, 0.6) is 0 Å². The lowest BCUT2D eigenvalue weighted by atomic mass is 9.78. The summed E-state index contributed by atoms with van der Waals surface area (Å²) in [5, 5.41) is 0. The van der Waals surface area contributed by atoms with Crippen LogP contribution in [-0.4, -0.2) is 22.6 Å². The summed E-state index contributed by atoms with van der Waals surface area (Å²) in [6.07, 6.45) is 4.30. The molecular formula is C12H20N2O2. The molecule has 1 rings (SSSR count). The Morgan fingerprint density at radius 1 is 1.56 bits per heavy atom. The molecule has 0 aliphatic heterocycles. The zero-order valence-corrected chi connectivity index (χ0v) is 10.7. The van der Waals surface area contributed by atoms with Gasteiger partial charge >= 0.3 is 5.97 Å². The lowest BCUT2D eigenvalue weighted by molar-refractivity contribution is -0.149. The van der Waals surface area contributed by atoms with Crippen molar-refractivity contribution in [3.8, 4) is 0 Å². The van der Waals surface area contributed by atoms with Gasteiger partial charge in [-0.2, -0.15) is 0 Å². The predicted octanol–water partition coefficient (Wildman–Crippen LogP) is 1.80. The van der Waals surface area contributed by atoms with Crippen molar-refractivity contribution in [1.29, 1.82) is 0 Å². The summed E-state index contributed by atoms with van der Waals surface area (Å²) in [5.74, 6) is -0.328. The van der Waals surface area contributed by atoms with Crippen LogP contribution in [0, 0.1) is 11.3 Å². The number of imidazole rings is 1. The number of hydrogen-bond donors (Lipinski definition) is 0. The second-order valence-electron chi connectivity index (χ2n) is 5.18. The number of carbonyl (C=O) groups excluding carboxylic acids is 1. The Hall–Kier alpha value is -1.32. The van der Waals surface area contributed by atoms with Crippen molar-refractivity contribution in [2.45, 2.75) is 27.2 Å². The highest BCUT2D eigenvalue weighted by molar-refractivity contribution is 5.73. The van der Waals surface area contributed by atoms with Crippen molar-refractivity contribution in [1.82, 2.24) is 9.55 Å². The van der Waals surface area contributed by atoms with Crippen LogP contribution in [0.15, 0.2) is 12.5 Å². The summed E-state index contributed by atoms with van der Waals surface area (Å²) in [6.45, 7) is 6.12. The molecule has 0 saturated heterocycles. The maximum Gasteiger partial charge on any atom is 0.309 e. The summed E-state index contributed by atoms with van der Waals surface area (Å²) in [5.41, 5.74) is 0.803. The van der Waals surface area contributed by atoms with Gasteiger partial charge in [0.15, 0.2) is 0 Å². The summed E-state index contributed by atoms with van der Waals surface area (Å²) in [4.78, 5) is 16.0. The average molecular weight is 224 g/mol. The summed E-state index contributed by atoms with van der Waals surface area (Å²) < 4.78 is 6.73. The van der Waals surface area contributed by atoms with Gasteiger partial charge in [-0.1, -0.05) is 20.8 Å². The first-order chi connectivity index (χ1) is 7.34. The summed E-state index contributed by atoms with van der Waals surface area (Å²) in [6, 6.07) is 0. The second kappa shape index (κ2) is 4.68. The molecule has 0 fully saturated rings. The van der Waals surface area contributed by atoms with E-state index in [0.717, 1.165) is 5.69 Å². The number of hydrogen-bond acceptors (Lipinski definition) is 3. The molecule has 0 bridgehead atoms. The molecule has 0 N–H and O–H groups in total. The van der Waals surface area contributed by atoms with Crippen molar-refractivity contribution in [3.63, 3.8) is 0 Å². The SMILES string of the molecule is COC(=O)C(Cc1cn(C)cn1)C(C)(C)C. The third kappa shape index (κ3) is 3.08. The Kier molecular flexibility index (Phi) is 3.73. The number of methoxy groups -OCH3 is 1. The number of aryl methyl sites for hydroxylation is 1. The van der Waals surface area contributed by atoms with E-state index in [0.29, 0.717) is 6.42 Å². The molecule has 1 heterocycles. The number of ether oxygens (including phenoxy) is 1. The number of rotatable bonds is 3. The van der Waals surface area contributed by atoms with Gasteiger partial charge < -0.3 is 9.30 Å². The van der Waals surface area contributed by atoms with E-state index in [-0.39, 0.29) is 17.3 Å². The molecule has 0 spiro atoms. The van der Waals surface area contributed by atoms with Gasteiger partial charge in [0.25, 0.3) is 0 Å². The molecule has 1 unspecified atom stereocenters. The van der Waals surface area contributed by atoms with Crippen LogP contribution in [0.3, 0.4) is 0 Å².